The number of benzene rings is 1. The van der Waals surface area contributed by atoms with Crippen LogP contribution in [0.4, 0.5) is 4.79 Å². The number of rotatable bonds is 13. The lowest BCUT2D eigenvalue weighted by molar-refractivity contribution is -0.140. The number of nitrogens with one attached hydrogen (secondary N) is 2. The third kappa shape index (κ3) is 8.90. The summed E-state index contributed by atoms with van der Waals surface area (Å²) in [6.07, 6.45) is 5.73. The first kappa shape index (κ1) is 35.7. The fourth-order valence-electron chi connectivity index (χ4n) is 6.17. The van der Waals surface area contributed by atoms with Gasteiger partial charge in [0, 0.05) is 44.8 Å². The molecule has 3 aliphatic rings. The molecule has 0 bridgehead atoms. The SMILES string of the molecule is CCCCOC(=O)N1CCN(C(=O)C(NC(=O)c2cc(OCC(=O)N3CCCC3C(=O)NC3CCC3)n(-c3ccccc3)n2)C(C)C)CC1. The molecule has 5 rings (SSSR count). The van der Waals surface area contributed by atoms with Crippen molar-refractivity contribution in [3.05, 3.63) is 42.1 Å². The normalized spacial score (nSPS) is 18.5. The number of para-hydroxylation sites is 1. The van der Waals surface area contributed by atoms with E-state index in [1.807, 2.05) is 39.0 Å². The van der Waals surface area contributed by atoms with Crippen molar-refractivity contribution in [2.45, 2.75) is 83.8 Å². The van der Waals surface area contributed by atoms with Gasteiger partial charge in [-0.1, -0.05) is 45.4 Å². The van der Waals surface area contributed by atoms with Crippen LogP contribution in [0.3, 0.4) is 0 Å². The maximum atomic E-state index is 13.6. The van der Waals surface area contributed by atoms with Crippen molar-refractivity contribution in [2.24, 2.45) is 5.92 Å². The molecule has 5 amide bonds. The fraction of sp³-hybridized carbons (Fsp3) is 0.600. The number of likely N-dealkylation sites (tertiary alicyclic amines) is 1. The van der Waals surface area contributed by atoms with Crippen LogP contribution in [0.5, 0.6) is 5.88 Å². The van der Waals surface area contributed by atoms with Crippen LogP contribution in [-0.2, 0) is 19.1 Å². The molecule has 2 aliphatic heterocycles. The van der Waals surface area contributed by atoms with Crippen LogP contribution in [0.15, 0.2) is 36.4 Å². The first-order chi connectivity index (χ1) is 23.7. The van der Waals surface area contributed by atoms with E-state index >= 15 is 0 Å². The summed E-state index contributed by atoms with van der Waals surface area (Å²) in [5, 5.41) is 10.4. The van der Waals surface area contributed by atoms with Crippen molar-refractivity contribution in [3.63, 3.8) is 0 Å². The van der Waals surface area contributed by atoms with Gasteiger partial charge in [0.2, 0.25) is 17.7 Å². The van der Waals surface area contributed by atoms with Crippen molar-refractivity contribution in [1.29, 1.82) is 0 Å². The molecule has 2 saturated heterocycles. The van der Waals surface area contributed by atoms with Crippen LogP contribution in [0.25, 0.3) is 5.69 Å². The minimum atomic E-state index is -0.832. The Morgan fingerprint density at radius 1 is 0.939 bits per heavy atom. The molecule has 49 heavy (non-hydrogen) atoms. The molecule has 2 atom stereocenters. The quantitative estimate of drug-likeness (QED) is 0.307. The highest BCUT2D eigenvalue weighted by atomic mass is 16.6. The molecule has 1 aromatic carbocycles. The number of ether oxygens (including phenoxy) is 2. The van der Waals surface area contributed by atoms with Crippen molar-refractivity contribution < 1.29 is 33.4 Å². The monoisotopic (exact) mass is 679 g/mol. The molecule has 14 heteroatoms. The van der Waals surface area contributed by atoms with Gasteiger partial charge < -0.3 is 34.8 Å². The number of hydrogen-bond acceptors (Lipinski definition) is 8. The minimum Gasteiger partial charge on any atom is -0.467 e. The van der Waals surface area contributed by atoms with E-state index in [9.17, 15) is 24.0 Å². The van der Waals surface area contributed by atoms with Crippen LogP contribution in [-0.4, -0.2) is 118 Å². The second-order valence-electron chi connectivity index (χ2n) is 13.3. The minimum absolute atomic E-state index is 0.0170. The molecule has 1 aromatic heterocycles. The van der Waals surface area contributed by atoms with Gasteiger partial charge >= 0.3 is 6.09 Å². The van der Waals surface area contributed by atoms with Crippen molar-refractivity contribution in [2.75, 3.05) is 45.9 Å². The highest BCUT2D eigenvalue weighted by Gasteiger charge is 2.36. The van der Waals surface area contributed by atoms with Gasteiger partial charge in [-0.2, -0.15) is 5.10 Å². The Morgan fingerprint density at radius 3 is 2.31 bits per heavy atom. The Kier molecular flexibility index (Phi) is 12.1. The lowest BCUT2D eigenvalue weighted by Crippen LogP contribution is -2.57. The van der Waals surface area contributed by atoms with Gasteiger partial charge in [0.25, 0.3) is 11.8 Å². The summed E-state index contributed by atoms with van der Waals surface area (Å²) in [5.41, 5.74) is 0.633. The average molecular weight is 680 g/mol. The third-order valence-electron chi connectivity index (χ3n) is 9.37. The van der Waals surface area contributed by atoms with Crippen molar-refractivity contribution >= 4 is 29.7 Å². The summed E-state index contributed by atoms with van der Waals surface area (Å²) in [6.45, 7) is 7.59. The Hall–Kier alpha value is -4.62. The zero-order valence-electron chi connectivity index (χ0n) is 28.8. The molecular formula is C35H49N7O7. The predicted octanol–water partition coefficient (Wildman–Crippen LogP) is 2.75. The number of carbonyl (C=O) groups excluding carboxylic acids is 5. The van der Waals surface area contributed by atoms with Crippen LogP contribution in [0.2, 0.25) is 0 Å². The number of hydrogen-bond donors (Lipinski definition) is 2. The molecule has 0 spiro atoms. The summed E-state index contributed by atoms with van der Waals surface area (Å²) in [7, 11) is 0. The van der Waals surface area contributed by atoms with Crippen LogP contribution in [0, 0.1) is 5.92 Å². The molecule has 3 heterocycles. The highest BCUT2D eigenvalue weighted by molar-refractivity contribution is 5.96. The van der Waals surface area contributed by atoms with E-state index in [4.69, 9.17) is 9.47 Å². The van der Waals surface area contributed by atoms with E-state index < -0.39 is 18.0 Å². The summed E-state index contributed by atoms with van der Waals surface area (Å²) >= 11 is 0. The molecule has 1 aliphatic carbocycles. The highest BCUT2D eigenvalue weighted by Crippen LogP contribution is 2.24. The van der Waals surface area contributed by atoms with Gasteiger partial charge in [-0.25, -0.2) is 9.48 Å². The number of unbranched alkanes of at least 4 members (excludes halogenated alkanes) is 1. The van der Waals surface area contributed by atoms with Crippen molar-refractivity contribution in [1.82, 2.24) is 35.1 Å². The second-order valence-corrected chi connectivity index (χ2v) is 13.3. The molecule has 3 fully saturated rings. The largest absolute Gasteiger partial charge is 0.467 e. The van der Waals surface area contributed by atoms with E-state index in [1.54, 1.807) is 26.8 Å². The summed E-state index contributed by atoms with van der Waals surface area (Å²) < 4.78 is 12.7. The van der Waals surface area contributed by atoms with E-state index in [0.717, 1.165) is 38.5 Å². The van der Waals surface area contributed by atoms with Gasteiger partial charge in [0.05, 0.1) is 12.3 Å². The molecule has 2 aromatic rings. The van der Waals surface area contributed by atoms with Gasteiger partial charge in [0.15, 0.2) is 12.3 Å². The number of carbonyl (C=O) groups is 5. The van der Waals surface area contributed by atoms with E-state index in [-0.39, 0.29) is 54.0 Å². The number of piperazine rings is 1. The Balaban J connectivity index is 1.23. The number of amides is 5. The molecule has 266 valence electrons. The molecule has 1 saturated carbocycles. The molecule has 2 N–H and O–H groups in total. The second kappa shape index (κ2) is 16.7. The maximum absolute atomic E-state index is 13.6. The van der Waals surface area contributed by atoms with E-state index in [0.29, 0.717) is 51.4 Å². The Bertz CT molecular complexity index is 1470. The third-order valence-corrected chi connectivity index (χ3v) is 9.37. The first-order valence-corrected chi connectivity index (χ1v) is 17.6. The molecule has 2 unspecified atom stereocenters. The fourth-order valence-corrected chi connectivity index (χ4v) is 6.17. The van der Waals surface area contributed by atoms with Gasteiger partial charge in [-0.3, -0.25) is 19.2 Å². The summed E-state index contributed by atoms with van der Waals surface area (Å²) in [6, 6.07) is 9.36. The smallest absolute Gasteiger partial charge is 0.409 e. The summed E-state index contributed by atoms with van der Waals surface area (Å²) in [5.74, 6) is -1.30. The predicted molar refractivity (Wildman–Crippen MR) is 180 cm³/mol. The number of aromatic nitrogens is 2. The van der Waals surface area contributed by atoms with Crippen LogP contribution in [0.1, 0.15) is 76.2 Å². The zero-order chi connectivity index (χ0) is 34.9. The van der Waals surface area contributed by atoms with Gasteiger partial charge in [0.1, 0.15) is 12.1 Å². The zero-order valence-corrected chi connectivity index (χ0v) is 28.8. The van der Waals surface area contributed by atoms with Gasteiger partial charge in [-0.05, 0) is 56.6 Å². The lowest BCUT2D eigenvalue weighted by Gasteiger charge is -2.36. The van der Waals surface area contributed by atoms with E-state index in [2.05, 4.69) is 15.7 Å². The summed E-state index contributed by atoms with van der Waals surface area (Å²) in [4.78, 5) is 70.5. The molecule has 14 nitrogen and oxygen atoms in total. The van der Waals surface area contributed by atoms with Crippen LogP contribution >= 0.6 is 0 Å². The average Bonchev–Trinajstić information content (AvgIpc) is 3.76. The Labute approximate surface area is 287 Å². The first-order valence-electron chi connectivity index (χ1n) is 17.6. The number of nitrogens with zero attached hydrogens (tertiary/aromatic N) is 5. The van der Waals surface area contributed by atoms with E-state index in [1.165, 1.54) is 10.7 Å². The maximum Gasteiger partial charge on any atom is 0.409 e. The van der Waals surface area contributed by atoms with Crippen LogP contribution < -0.4 is 15.4 Å². The molecular weight excluding hydrogens is 630 g/mol. The lowest BCUT2D eigenvalue weighted by atomic mass is 9.93. The Morgan fingerprint density at radius 2 is 1.65 bits per heavy atom. The molecule has 0 radical (unpaired) electrons. The van der Waals surface area contributed by atoms with Crippen molar-refractivity contribution in [3.8, 4) is 11.6 Å². The standard InChI is InChI=1S/C35H49N7O7/c1-4-5-21-48-35(47)40-19-17-39(18-20-40)34(46)31(24(2)3)37-32(44)27-22-30(42(38-27)26-13-7-6-8-14-26)49-23-29(43)41-16-10-15-28(41)33(45)36-25-11-9-12-25/h6-8,13-14,22,24-25,28,31H,4-5,9-12,15-21,23H2,1-3H3,(H,36,45)(H,37,44). The topological polar surface area (TPSA) is 155 Å². The van der Waals surface area contributed by atoms with Gasteiger partial charge in [-0.15, -0.1) is 0 Å².